The van der Waals surface area contributed by atoms with Crippen LogP contribution in [0.5, 0.6) is 23.0 Å². The highest BCUT2D eigenvalue weighted by Gasteiger charge is 2.60. The number of methoxy groups -OCH3 is 4. The van der Waals surface area contributed by atoms with Crippen molar-refractivity contribution in [3.63, 3.8) is 0 Å². The first kappa shape index (κ1) is 36.7. The third kappa shape index (κ3) is 6.30. The SMILES string of the molecule is COc1cccc(C2=NC(c3ccccc3Cl)(C3(c4ccccc4Cl)N=CC(c4ccc(-c5cccc(OC)c5)c(OC)c4)=N3)N=C2c2cccc(OC)c2)c1. The molecule has 1 unspecified atom stereocenters. The second kappa shape index (κ2) is 15.1. The van der Waals surface area contributed by atoms with Gasteiger partial charge in [-0.1, -0.05) is 102 Å². The largest absolute Gasteiger partial charge is 0.497 e. The quantitative estimate of drug-likeness (QED) is 0.131. The summed E-state index contributed by atoms with van der Waals surface area (Å²) in [7, 11) is 6.56. The van der Waals surface area contributed by atoms with E-state index in [2.05, 4.69) is 0 Å². The Bertz CT molecular complexity index is 2540. The number of hydrogen-bond donors (Lipinski definition) is 0. The normalized spacial score (nSPS) is 16.9. The van der Waals surface area contributed by atoms with Gasteiger partial charge in [0.15, 0.2) is 0 Å². The molecule has 1 atom stereocenters. The van der Waals surface area contributed by atoms with Gasteiger partial charge in [-0.2, -0.15) is 0 Å². The third-order valence-corrected chi connectivity index (χ3v) is 10.6. The van der Waals surface area contributed by atoms with Crippen molar-refractivity contribution in [1.29, 1.82) is 0 Å². The minimum Gasteiger partial charge on any atom is -0.497 e. The molecule has 278 valence electrons. The Hall–Kier alpha value is -6.22. The Balaban J connectivity index is 1.42. The molecule has 0 aliphatic carbocycles. The van der Waals surface area contributed by atoms with Crippen molar-refractivity contribution in [2.45, 2.75) is 11.3 Å². The zero-order valence-corrected chi connectivity index (χ0v) is 32.5. The highest BCUT2D eigenvalue weighted by Crippen LogP contribution is 2.56. The van der Waals surface area contributed by atoms with E-state index in [9.17, 15) is 0 Å². The van der Waals surface area contributed by atoms with Gasteiger partial charge >= 0.3 is 0 Å². The highest BCUT2D eigenvalue weighted by atomic mass is 35.5. The van der Waals surface area contributed by atoms with E-state index < -0.39 is 11.3 Å². The molecule has 0 saturated heterocycles. The first-order chi connectivity index (χ1) is 27.3. The molecule has 0 saturated carbocycles. The van der Waals surface area contributed by atoms with Gasteiger partial charge in [0.1, 0.15) is 23.0 Å². The lowest BCUT2D eigenvalue weighted by Crippen LogP contribution is -2.43. The molecule has 56 heavy (non-hydrogen) atoms. The molecular weight excluding hydrogens is 743 g/mol. The molecule has 2 aliphatic rings. The van der Waals surface area contributed by atoms with Gasteiger partial charge in [0, 0.05) is 43.4 Å². The van der Waals surface area contributed by atoms with E-state index in [1.54, 1.807) is 34.7 Å². The van der Waals surface area contributed by atoms with E-state index >= 15 is 0 Å². The van der Waals surface area contributed by atoms with Crippen LogP contribution in [0.4, 0.5) is 0 Å². The van der Waals surface area contributed by atoms with Crippen LogP contribution in [0.1, 0.15) is 27.8 Å². The Kier molecular flexibility index (Phi) is 9.93. The predicted octanol–water partition coefficient (Wildman–Crippen LogP) is 10.3. The van der Waals surface area contributed by atoms with Gasteiger partial charge in [0.25, 0.3) is 0 Å². The average Bonchev–Trinajstić information content (AvgIpc) is 3.89. The first-order valence-electron chi connectivity index (χ1n) is 17.8. The zero-order valence-electron chi connectivity index (χ0n) is 31.0. The molecule has 0 N–H and O–H groups in total. The first-order valence-corrected chi connectivity index (χ1v) is 18.6. The van der Waals surface area contributed by atoms with Crippen LogP contribution in [0.3, 0.4) is 0 Å². The molecule has 0 spiro atoms. The van der Waals surface area contributed by atoms with Crippen molar-refractivity contribution in [2.75, 3.05) is 28.4 Å². The van der Waals surface area contributed by atoms with Crippen LogP contribution in [0, 0.1) is 0 Å². The molecule has 6 aromatic carbocycles. The summed E-state index contributed by atoms with van der Waals surface area (Å²) in [5, 5.41) is 0.877. The zero-order chi connectivity index (χ0) is 38.9. The van der Waals surface area contributed by atoms with Gasteiger partial charge in [0.2, 0.25) is 11.3 Å². The van der Waals surface area contributed by atoms with Crippen LogP contribution >= 0.6 is 23.2 Å². The predicted molar refractivity (Wildman–Crippen MR) is 225 cm³/mol. The average molecular weight is 780 g/mol. The highest BCUT2D eigenvalue weighted by molar-refractivity contribution is 6.55. The second-order valence-electron chi connectivity index (χ2n) is 13.1. The fraction of sp³-hybridized carbons (Fsp3) is 0.130. The monoisotopic (exact) mass is 778 g/mol. The van der Waals surface area contributed by atoms with Crippen LogP contribution in [-0.2, 0) is 11.3 Å². The van der Waals surface area contributed by atoms with Gasteiger partial charge in [0.05, 0.1) is 51.8 Å². The van der Waals surface area contributed by atoms with E-state index in [4.69, 9.17) is 62.1 Å². The lowest BCUT2D eigenvalue weighted by Gasteiger charge is -2.39. The molecule has 8 rings (SSSR count). The number of benzene rings is 6. The molecule has 6 aromatic rings. The van der Waals surface area contributed by atoms with Crippen molar-refractivity contribution >= 4 is 46.6 Å². The van der Waals surface area contributed by atoms with E-state index in [0.29, 0.717) is 55.6 Å². The number of ether oxygens (including phenoxy) is 4. The second-order valence-corrected chi connectivity index (χ2v) is 13.9. The molecule has 0 radical (unpaired) electrons. The Morgan fingerprint density at radius 2 is 0.946 bits per heavy atom. The maximum Gasteiger partial charge on any atom is 0.227 e. The number of halogens is 2. The van der Waals surface area contributed by atoms with Gasteiger partial charge in [-0.25, -0.2) is 15.0 Å². The van der Waals surface area contributed by atoms with Crippen molar-refractivity contribution in [3.05, 3.63) is 177 Å². The summed E-state index contributed by atoms with van der Waals surface area (Å²) in [6, 6.07) is 44.3. The standard InChI is InChI=1S/C46H36Cl2N4O4/c1-53-33-15-9-12-29(24-33)36-23-22-30(27-42(36)56-4)41-28-49-45(50-41,37-18-5-7-20-39(37)47)46(38-19-6-8-21-40(38)48)51-43(31-13-10-16-34(25-31)54-2)44(52-46)32-14-11-17-35(26-32)55-3/h5-28H,1-4H3. The van der Waals surface area contributed by atoms with Crippen molar-refractivity contribution < 1.29 is 18.9 Å². The van der Waals surface area contributed by atoms with Crippen LogP contribution in [0.2, 0.25) is 10.0 Å². The minimum absolute atomic E-state index is 0.437. The summed E-state index contributed by atoms with van der Waals surface area (Å²) in [5.41, 5.74) is 3.93. The van der Waals surface area contributed by atoms with Crippen molar-refractivity contribution in [1.82, 2.24) is 0 Å². The van der Waals surface area contributed by atoms with Gasteiger partial charge in [-0.3, -0.25) is 4.99 Å². The van der Waals surface area contributed by atoms with Gasteiger partial charge in [-0.05, 0) is 66.2 Å². The summed E-state index contributed by atoms with van der Waals surface area (Å²) in [6.45, 7) is 0. The molecule has 8 nitrogen and oxygen atoms in total. The summed E-state index contributed by atoms with van der Waals surface area (Å²) in [6.07, 6.45) is 1.75. The van der Waals surface area contributed by atoms with E-state index in [0.717, 1.165) is 33.6 Å². The molecule has 0 aromatic heterocycles. The molecule has 2 aliphatic heterocycles. The maximum atomic E-state index is 7.20. The maximum absolute atomic E-state index is 7.20. The summed E-state index contributed by atoms with van der Waals surface area (Å²) < 4.78 is 22.8. The molecule has 2 heterocycles. The topological polar surface area (TPSA) is 86.4 Å². The number of rotatable bonds is 11. The summed E-state index contributed by atoms with van der Waals surface area (Å²) in [5.74, 6) is 2.73. The molecule has 0 bridgehead atoms. The van der Waals surface area contributed by atoms with E-state index in [1.807, 2.05) is 140 Å². The Morgan fingerprint density at radius 1 is 0.446 bits per heavy atom. The fourth-order valence-electron chi connectivity index (χ4n) is 7.24. The van der Waals surface area contributed by atoms with Crippen LogP contribution in [-0.4, -0.2) is 51.8 Å². The van der Waals surface area contributed by atoms with Crippen LogP contribution < -0.4 is 18.9 Å². The summed E-state index contributed by atoms with van der Waals surface area (Å²) >= 11 is 14.4. The van der Waals surface area contributed by atoms with Crippen molar-refractivity contribution in [2.24, 2.45) is 20.0 Å². The summed E-state index contributed by atoms with van der Waals surface area (Å²) in [4.78, 5) is 22.1. The van der Waals surface area contributed by atoms with Gasteiger partial charge < -0.3 is 18.9 Å². The number of aliphatic imine (C=N–C) groups is 4. The molecular formula is C46H36Cl2N4O4. The molecule has 0 fully saturated rings. The molecule has 0 amide bonds. The van der Waals surface area contributed by atoms with Gasteiger partial charge in [-0.15, -0.1) is 0 Å². The number of nitrogens with zero attached hydrogens (tertiary/aromatic N) is 4. The van der Waals surface area contributed by atoms with Crippen LogP contribution in [0.15, 0.2) is 159 Å². The van der Waals surface area contributed by atoms with E-state index in [1.165, 1.54) is 0 Å². The van der Waals surface area contributed by atoms with E-state index in [-0.39, 0.29) is 0 Å². The number of hydrogen-bond acceptors (Lipinski definition) is 8. The lowest BCUT2D eigenvalue weighted by molar-refractivity contribution is 0.257. The van der Waals surface area contributed by atoms with Crippen molar-refractivity contribution in [3.8, 4) is 34.1 Å². The molecule has 10 heteroatoms. The minimum atomic E-state index is -1.60. The smallest absolute Gasteiger partial charge is 0.227 e. The Labute approximate surface area is 335 Å². The van der Waals surface area contributed by atoms with Crippen LogP contribution in [0.25, 0.3) is 11.1 Å². The fourth-order valence-corrected chi connectivity index (χ4v) is 7.78. The Morgan fingerprint density at radius 3 is 1.46 bits per heavy atom. The third-order valence-electron chi connectivity index (χ3n) is 9.98. The lowest BCUT2D eigenvalue weighted by atomic mass is 9.82.